The largest absolute Gasteiger partial charge is 0.261 e. The molecule has 0 bridgehead atoms. The van der Waals surface area contributed by atoms with Crippen molar-refractivity contribution < 1.29 is 8.78 Å². The number of rotatable bonds is 2. The van der Waals surface area contributed by atoms with Gasteiger partial charge in [0.05, 0.1) is 11.1 Å². The summed E-state index contributed by atoms with van der Waals surface area (Å²) >= 11 is 0. The molecular formula is C10H13F2N. The van der Waals surface area contributed by atoms with Gasteiger partial charge in [0.2, 0.25) is 0 Å². The molecule has 0 unspecified atom stereocenters. The van der Waals surface area contributed by atoms with Crippen LogP contribution in [-0.4, -0.2) is 10.9 Å². The molecule has 72 valence electrons. The first-order chi connectivity index (χ1) is 5.86. The van der Waals surface area contributed by atoms with Gasteiger partial charge < -0.3 is 0 Å². The average molecular weight is 185 g/mol. The maximum Gasteiger partial charge on any atom is 0.255 e. The lowest BCUT2D eigenvalue weighted by atomic mass is 9.83. The van der Waals surface area contributed by atoms with E-state index in [2.05, 4.69) is 4.98 Å². The van der Waals surface area contributed by atoms with Crippen LogP contribution in [0.2, 0.25) is 0 Å². The fraction of sp³-hybridized carbons (Fsp3) is 0.500. The molecule has 0 aromatic carbocycles. The van der Waals surface area contributed by atoms with Gasteiger partial charge in [-0.25, -0.2) is 8.78 Å². The highest BCUT2D eigenvalue weighted by atomic mass is 19.3. The third-order valence-electron chi connectivity index (χ3n) is 2.40. The van der Waals surface area contributed by atoms with Gasteiger partial charge in [-0.3, -0.25) is 4.98 Å². The van der Waals surface area contributed by atoms with Crippen molar-refractivity contribution in [3.05, 3.63) is 30.1 Å². The van der Waals surface area contributed by atoms with Crippen LogP contribution in [0, 0.1) is 0 Å². The van der Waals surface area contributed by atoms with Gasteiger partial charge >= 0.3 is 0 Å². The van der Waals surface area contributed by atoms with Crippen LogP contribution in [0.25, 0.3) is 0 Å². The van der Waals surface area contributed by atoms with Crippen LogP contribution in [0.4, 0.5) is 8.78 Å². The predicted octanol–water partition coefficient (Wildman–Crippen LogP) is 3.01. The van der Waals surface area contributed by atoms with E-state index in [1.165, 1.54) is 20.0 Å². The van der Waals surface area contributed by atoms with Crippen LogP contribution in [0.15, 0.2) is 24.4 Å². The number of hydrogen-bond acceptors (Lipinski definition) is 1. The molecule has 0 fully saturated rings. The highest BCUT2D eigenvalue weighted by Crippen LogP contribution is 2.37. The zero-order chi connectivity index (χ0) is 10.1. The molecule has 1 heterocycles. The lowest BCUT2D eigenvalue weighted by Crippen LogP contribution is -2.38. The standard InChI is InChI=1S/C10H13F2N/c1-9(2,10(3,11)12)8-6-4-5-7-13-8/h4-7H,1-3H3. The minimum atomic E-state index is -2.76. The third kappa shape index (κ3) is 1.85. The summed E-state index contributed by atoms with van der Waals surface area (Å²) in [6.07, 6.45) is 1.53. The highest BCUT2D eigenvalue weighted by Gasteiger charge is 2.44. The molecule has 0 saturated carbocycles. The molecule has 1 aromatic heterocycles. The first kappa shape index (κ1) is 10.1. The molecule has 1 rings (SSSR count). The summed E-state index contributed by atoms with van der Waals surface area (Å²) in [5, 5.41) is 0. The molecule has 1 nitrogen and oxygen atoms in total. The van der Waals surface area contributed by atoms with Crippen LogP contribution < -0.4 is 0 Å². The smallest absolute Gasteiger partial charge is 0.255 e. The van der Waals surface area contributed by atoms with Crippen LogP contribution in [0.1, 0.15) is 26.5 Å². The molecule has 13 heavy (non-hydrogen) atoms. The number of aromatic nitrogens is 1. The lowest BCUT2D eigenvalue weighted by Gasteiger charge is -2.30. The van der Waals surface area contributed by atoms with Crippen molar-refractivity contribution in [2.24, 2.45) is 0 Å². The number of pyridine rings is 1. The average Bonchev–Trinajstić information content (AvgIpc) is 2.04. The van der Waals surface area contributed by atoms with Crippen LogP contribution in [0.3, 0.4) is 0 Å². The van der Waals surface area contributed by atoms with E-state index in [1.54, 1.807) is 18.2 Å². The van der Waals surface area contributed by atoms with E-state index in [0.717, 1.165) is 6.92 Å². The number of nitrogens with zero attached hydrogens (tertiary/aromatic N) is 1. The van der Waals surface area contributed by atoms with Gasteiger partial charge in [0.25, 0.3) is 5.92 Å². The van der Waals surface area contributed by atoms with E-state index in [9.17, 15) is 8.78 Å². The van der Waals surface area contributed by atoms with E-state index in [4.69, 9.17) is 0 Å². The van der Waals surface area contributed by atoms with Crippen molar-refractivity contribution in [3.8, 4) is 0 Å². The van der Waals surface area contributed by atoms with Gasteiger partial charge in [0, 0.05) is 13.1 Å². The van der Waals surface area contributed by atoms with Gasteiger partial charge in [0.1, 0.15) is 0 Å². The summed E-state index contributed by atoms with van der Waals surface area (Å²) in [5.41, 5.74) is -0.795. The Morgan fingerprint density at radius 3 is 2.15 bits per heavy atom. The summed E-state index contributed by atoms with van der Waals surface area (Å²) in [5.74, 6) is -2.76. The fourth-order valence-electron chi connectivity index (χ4n) is 0.957. The quantitative estimate of drug-likeness (QED) is 0.690. The Balaban J connectivity index is 3.08. The summed E-state index contributed by atoms with van der Waals surface area (Å²) < 4.78 is 26.3. The Hall–Kier alpha value is -0.990. The molecule has 0 spiro atoms. The second-order valence-electron chi connectivity index (χ2n) is 3.73. The minimum Gasteiger partial charge on any atom is -0.261 e. The highest BCUT2D eigenvalue weighted by molar-refractivity contribution is 5.17. The first-order valence-corrected chi connectivity index (χ1v) is 4.15. The summed E-state index contributed by atoms with van der Waals surface area (Å²) in [6, 6.07) is 5.06. The zero-order valence-corrected chi connectivity index (χ0v) is 8.01. The van der Waals surface area contributed by atoms with Crippen molar-refractivity contribution >= 4 is 0 Å². The molecule has 0 N–H and O–H groups in total. The van der Waals surface area contributed by atoms with Crippen molar-refractivity contribution in [3.63, 3.8) is 0 Å². The van der Waals surface area contributed by atoms with Crippen LogP contribution >= 0.6 is 0 Å². The van der Waals surface area contributed by atoms with Crippen molar-refractivity contribution in [1.82, 2.24) is 4.98 Å². The van der Waals surface area contributed by atoms with Gasteiger partial charge in [-0.1, -0.05) is 6.07 Å². The fourth-order valence-corrected chi connectivity index (χ4v) is 0.957. The lowest BCUT2D eigenvalue weighted by molar-refractivity contribution is -0.0484. The van der Waals surface area contributed by atoms with Gasteiger partial charge in [-0.15, -0.1) is 0 Å². The SMILES string of the molecule is CC(F)(F)C(C)(C)c1ccccn1. The normalized spacial score (nSPS) is 13.0. The second-order valence-corrected chi connectivity index (χ2v) is 3.73. The topological polar surface area (TPSA) is 12.9 Å². The summed E-state index contributed by atoms with van der Waals surface area (Å²) in [7, 11) is 0. The Morgan fingerprint density at radius 2 is 1.77 bits per heavy atom. The van der Waals surface area contributed by atoms with Gasteiger partial charge in [0.15, 0.2) is 0 Å². The molecule has 0 aliphatic heterocycles. The minimum absolute atomic E-state index is 0.419. The van der Waals surface area contributed by atoms with Crippen molar-refractivity contribution in [2.75, 3.05) is 0 Å². The Bertz CT molecular complexity index is 275. The van der Waals surface area contributed by atoms with E-state index >= 15 is 0 Å². The molecule has 0 saturated heterocycles. The molecule has 3 heteroatoms. The van der Waals surface area contributed by atoms with Gasteiger partial charge in [-0.2, -0.15) is 0 Å². The molecule has 0 amide bonds. The Labute approximate surface area is 76.8 Å². The Kier molecular flexibility index (Phi) is 2.37. The van der Waals surface area contributed by atoms with Gasteiger partial charge in [-0.05, 0) is 26.0 Å². The maximum absolute atomic E-state index is 13.1. The number of halogens is 2. The number of alkyl halides is 2. The van der Waals surface area contributed by atoms with E-state index in [0.29, 0.717) is 5.69 Å². The molecular weight excluding hydrogens is 172 g/mol. The van der Waals surface area contributed by atoms with Crippen LogP contribution in [-0.2, 0) is 5.41 Å². The van der Waals surface area contributed by atoms with Crippen LogP contribution in [0.5, 0.6) is 0 Å². The molecule has 0 atom stereocenters. The third-order valence-corrected chi connectivity index (χ3v) is 2.40. The van der Waals surface area contributed by atoms with E-state index < -0.39 is 11.3 Å². The van der Waals surface area contributed by atoms with E-state index in [-0.39, 0.29) is 0 Å². The summed E-state index contributed by atoms with van der Waals surface area (Å²) in [6.45, 7) is 3.91. The molecule has 0 aliphatic rings. The second kappa shape index (κ2) is 3.05. The summed E-state index contributed by atoms with van der Waals surface area (Å²) in [4.78, 5) is 3.94. The Morgan fingerprint density at radius 1 is 1.15 bits per heavy atom. The number of hydrogen-bond donors (Lipinski definition) is 0. The molecule has 0 radical (unpaired) electrons. The van der Waals surface area contributed by atoms with Crippen molar-refractivity contribution in [1.29, 1.82) is 0 Å². The predicted molar refractivity (Wildman–Crippen MR) is 47.9 cm³/mol. The van der Waals surface area contributed by atoms with E-state index in [1.807, 2.05) is 0 Å². The van der Waals surface area contributed by atoms with Crippen molar-refractivity contribution in [2.45, 2.75) is 32.1 Å². The monoisotopic (exact) mass is 185 g/mol. The molecule has 0 aliphatic carbocycles. The molecule has 1 aromatic rings. The maximum atomic E-state index is 13.1. The zero-order valence-electron chi connectivity index (χ0n) is 8.01. The first-order valence-electron chi connectivity index (χ1n) is 4.15.